The third-order valence-corrected chi connectivity index (χ3v) is 3.83. The highest BCUT2D eigenvalue weighted by atomic mass is 79.9. The van der Waals surface area contributed by atoms with E-state index < -0.39 is 0 Å². The molecule has 0 saturated carbocycles. The Kier molecular flexibility index (Phi) is 8.01. The number of hydrogen-bond acceptors (Lipinski definition) is 5. The molecule has 0 unspecified atom stereocenters. The van der Waals surface area contributed by atoms with E-state index in [2.05, 4.69) is 15.9 Å². The quantitative estimate of drug-likeness (QED) is 0.707. The van der Waals surface area contributed by atoms with Crippen LogP contribution < -0.4 is 9.47 Å². The molecule has 0 radical (unpaired) electrons. The van der Waals surface area contributed by atoms with Gasteiger partial charge in [0.05, 0.1) is 39.6 Å². The minimum Gasteiger partial charge on any atom is -0.487 e. The van der Waals surface area contributed by atoms with E-state index in [-0.39, 0.29) is 0 Å². The maximum Gasteiger partial charge on any atom is 0.165 e. The van der Waals surface area contributed by atoms with Crippen LogP contribution in [-0.2, 0) is 19.5 Å². The van der Waals surface area contributed by atoms with Gasteiger partial charge in [-0.05, 0) is 12.5 Å². The fourth-order valence-electron chi connectivity index (χ4n) is 2.09. The number of hydrogen-bond donors (Lipinski definition) is 0. The smallest absolute Gasteiger partial charge is 0.165 e. The monoisotopic (exact) mass is 374 g/mol. The van der Waals surface area contributed by atoms with E-state index in [0.29, 0.717) is 58.2 Å². The van der Waals surface area contributed by atoms with Crippen molar-refractivity contribution in [1.82, 2.24) is 0 Å². The summed E-state index contributed by atoms with van der Waals surface area (Å²) in [6, 6.07) is 4.09. The van der Waals surface area contributed by atoms with E-state index in [1.807, 2.05) is 19.1 Å². The number of alkyl halides is 1. The predicted octanol–water partition coefficient (Wildman–Crippen LogP) is 2.71. The molecule has 5 nitrogen and oxygen atoms in total. The van der Waals surface area contributed by atoms with Crippen molar-refractivity contribution in [3.05, 3.63) is 23.3 Å². The van der Waals surface area contributed by atoms with Crippen LogP contribution in [0.15, 0.2) is 12.1 Å². The van der Waals surface area contributed by atoms with Crippen LogP contribution in [0.25, 0.3) is 0 Å². The minimum absolute atomic E-state index is 0.482. The SMILES string of the molecule is Cc1ccc(CBr)c2c1OCCOCCOCCOCCO2. The first-order chi connectivity index (χ1) is 10.8. The molecule has 0 N–H and O–H groups in total. The molecule has 22 heavy (non-hydrogen) atoms. The first-order valence-electron chi connectivity index (χ1n) is 7.50. The summed E-state index contributed by atoms with van der Waals surface area (Å²) < 4.78 is 28.1. The molecule has 6 heteroatoms. The van der Waals surface area contributed by atoms with Gasteiger partial charge in [-0.2, -0.15) is 0 Å². The molecule has 0 saturated heterocycles. The second-order valence-corrected chi connectivity index (χ2v) is 5.43. The number of benzene rings is 1. The number of rotatable bonds is 1. The predicted molar refractivity (Wildman–Crippen MR) is 87.3 cm³/mol. The Morgan fingerprint density at radius 1 is 0.773 bits per heavy atom. The van der Waals surface area contributed by atoms with Crippen LogP contribution in [0.3, 0.4) is 0 Å². The molecule has 1 heterocycles. The van der Waals surface area contributed by atoms with Crippen LogP contribution in [0.4, 0.5) is 0 Å². The van der Waals surface area contributed by atoms with Crippen LogP contribution in [0, 0.1) is 6.92 Å². The fraction of sp³-hybridized carbons (Fsp3) is 0.625. The molecule has 1 aliphatic rings. The molecule has 0 spiro atoms. The summed E-state index contributed by atoms with van der Waals surface area (Å²) in [7, 11) is 0. The Morgan fingerprint density at radius 2 is 1.27 bits per heavy atom. The topological polar surface area (TPSA) is 46.2 Å². The van der Waals surface area contributed by atoms with Crippen molar-refractivity contribution < 1.29 is 23.7 Å². The Hall–Kier alpha value is -0.820. The highest BCUT2D eigenvalue weighted by Crippen LogP contribution is 2.36. The molecule has 1 aromatic rings. The van der Waals surface area contributed by atoms with Crippen molar-refractivity contribution in [2.45, 2.75) is 12.3 Å². The van der Waals surface area contributed by atoms with Gasteiger partial charge in [-0.1, -0.05) is 28.1 Å². The fourth-order valence-corrected chi connectivity index (χ4v) is 2.53. The highest BCUT2D eigenvalue weighted by molar-refractivity contribution is 9.08. The van der Waals surface area contributed by atoms with Crippen molar-refractivity contribution in [2.24, 2.45) is 0 Å². The van der Waals surface area contributed by atoms with Gasteiger partial charge in [0.15, 0.2) is 11.5 Å². The van der Waals surface area contributed by atoms with Crippen LogP contribution in [0.2, 0.25) is 0 Å². The van der Waals surface area contributed by atoms with Gasteiger partial charge in [0, 0.05) is 10.9 Å². The van der Waals surface area contributed by atoms with Crippen molar-refractivity contribution in [3.63, 3.8) is 0 Å². The maximum atomic E-state index is 5.90. The summed E-state index contributed by atoms with van der Waals surface area (Å²) in [5.41, 5.74) is 2.11. The summed E-state index contributed by atoms with van der Waals surface area (Å²) in [6.45, 7) is 6.30. The summed E-state index contributed by atoms with van der Waals surface area (Å²) in [6.07, 6.45) is 0. The first kappa shape index (κ1) is 17.5. The van der Waals surface area contributed by atoms with Crippen molar-refractivity contribution in [3.8, 4) is 11.5 Å². The summed E-state index contributed by atoms with van der Waals surface area (Å²) in [5, 5.41) is 0.712. The van der Waals surface area contributed by atoms with Gasteiger partial charge in [0.1, 0.15) is 13.2 Å². The molecule has 0 aromatic heterocycles. The van der Waals surface area contributed by atoms with E-state index in [9.17, 15) is 0 Å². The average molecular weight is 375 g/mol. The Bertz CT molecular complexity index is 452. The third-order valence-electron chi connectivity index (χ3n) is 3.23. The lowest BCUT2D eigenvalue weighted by Crippen LogP contribution is -2.13. The maximum absolute atomic E-state index is 5.90. The normalized spacial score (nSPS) is 18.3. The summed E-state index contributed by atoms with van der Waals surface area (Å²) >= 11 is 3.49. The molecular weight excluding hydrogens is 352 g/mol. The molecule has 0 amide bonds. The number of ether oxygens (including phenoxy) is 5. The molecular formula is C16H23BrO5. The molecule has 1 aromatic carbocycles. The van der Waals surface area contributed by atoms with E-state index in [4.69, 9.17) is 23.7 Å². The average Bonchev–Trinajstić information content (AvgIpc) is 2.54. The molecule has 0 atom stereocenters. The standard InChI is InChI=1S/C16H23BrO5/c1-13-2-3-14(12-17)16-15(13)21-10-8-19-6-4-18-5-7-20-9-11-22-16/h2-3H,4-12H2,1H3. The van der Waals surface area contributed by atoms with Crippen molar-refractivity contribution in [1.29, 1.82) is 0 Å². The minimum atomic E-state index is 0.482. The molecule has 1 aliphatic heterocycles. The van der Waals surface area contributed by atoms with Crippen LogP contribution in [0.5, 0.6) is 11.5 Å². The van der Waals surface area contributed by atoms with Gasteiger partial charge in [0.2, 0.25) is 0 Å². The van der Waals surface area contributed by atoms with Gasteiger partial charge in [0.25, 0.3) is 0 Å². The van der Waals surface area contributed by atoms with E-state index in [1.54, 1.807) is 0 Å². The Balaban J connectivity index is 2.08. The van der Waals surface area contributed by atoms with Gasteiger partial charge in [-0.25, -0.2) is 0 Å². The van der Waals surface area contributed by atoms with Crippen molar-refractivity contribution >= 4 is 15.9 Å². The van der Waals surface area contributed by atoms with Gasteiger partial charge < -0.3 is 23.7 Å². The Morgan fingerprint density at radius 3 is 1.82 bits per heavy atom. The molecule has 2 rings (SSSR count). The van der Waals surface area contributed by atoms with Crippen LogP contribution >= 0.6 is 15.9 Å². The molecule has 0 bridgehead atoms. The second-order valence-electron chi connectivity index (χ2n) is 4.87. The molecule has 0 fully saturated rings. The van der Waals surface area contributed by atoms with Crippen LogP contribution in [0.1, 0.15) is 11.1 Å². The lowest BCUT2D eigenvalue weighted by atomic mass is 10.1. The zero-order valence-corrected chi connectivity index (χ0v) is 14.5. The molecule has 124 valence electrons. The van der Waals surface area contributed by atoms with Gasteiger partial charge in [-0.3, -0.25) is 0 Å². The van der Waals surface area contributed by atoms with Crippen molar-refractivity contribution in [2.75, 3.05) is 52.9 Å². The lowest BCUT2D eigenvalue weighted by Gasteiger charge is -2.17. The van der Waals surface area contributed by atoms with E-state index in [0.717, 1.165) is 22.6 Å². The largest absolute Gasteiger partial charge is 0.487 e. The highest BCUT2D eigenvalue weighted by Gasteiger charge is 2.14. The van der Waals surface area contributed by atoms with E-state index >= 15 is 0 Å². The Labute approximate surface area is 140 Å². The lowest BCUT2D eigenvalue weighted by molar-refractivity contribution is 0.00705. The van der Waals surface area contributed by atoms with Gasteiger partial charge >= 0.3 is 0 Å². The van der Waals surface area contributed by atoms with E-state index in [1.165, 1.54) is 0 Å². The number of aryl methyl sites for hydroxylation is 1. The third kappa shape index (κ3) is 5.43. The summed E-state index contributed by atoms with van der Waals surface area (Å²) in [4.78, 5) is 0. The second kappa shape index (κ2) is 10.0. The zero-order valence-electron chi connectivity index (χ0n) is 12.9. The van der Waals surface area contributed by atoms with Gasteiger partial charge in [-0.15, -0.1) is 0 Å². The van der Waals surface area contributed by atoms with Crippen LogP contribution in [-0.4, -0.2) is 52.9 Å². The zero-order chi connectivity index (χ0) is 15.6. The molecule has 0 aliphatic carbocycles. The number of halogens is 1. The number of fused-ring (bicyclic) bond motifs is 1. The summed E-state index contributed by atoms with van der Waals surface area (Å²) in [5.74, 6) is 1.57. The first-order valence-corrected chi connectivity index (χ1v) is 8.62.